The van der Waals surface area contributed by atoms with E-state index in [1.165, 1.54) is 57.8 Å². The second-order valence-electron chi connectivity index (χ2n) is 18.0. The Bertz CT molecular complexity index is 1420. The maximum absolute atomic E-state index is 13.0. The maximum Gasteiger partial charge on any atom is 0.306 e. The van der Waals surface area contributed by atoms with E-state index in [1.54, 1.807) is 0 Å². The monoisotopic (exact) mass is 967 g/mol. The minimum atomic E-state index is -1.78. The van der Waals surface area contributed by atoms with Crippen molar-refractivity contribution in [3.05, 3.63) is 60.8 Å². The van der Waals surface area contributed by atoms with Gasteiger partial charge in [-0.15, -0.1) is 0 Å². The predicted octanol–water partition coefficient (Wildman–Crippen LogP) is 7.27. The number of ether oxygens (including phenoxy) is 6. The maximum atomic E-state index is 13.0. The van der Waals surface area contributed by atoms with Gasteiger partial charge in [0, 0.05) is 12.8 Å². The molecule has 0 amide bonds. The molecule has 7 N–H and O–H groups in total. The quantitative estimate of drug-likeness (QED) is 0.0183. The molecule has 15 nitrogen and oxygen atoms in total. The third-order valence-electron chi connectivity index (χ3n) is 12.0. The van der Waals surface area contributed by atoms with Gasteiger partial charge in [0.1, 0.15) is 55.4 Å². The molecule has 2 saturated heterocycles. The summed E-state index contributed by atoms with van der Waals surface area (Å²) in [6.07, 6.45) is 28.2. The zero-order valence-electron chi connectivity index (χ0n) is 41.3. The molecule has 2 fully saturated rings. The van der Waals surface area contributed by atoms with Gasteiger partial charge in [-0.1, -0.05) is 132 Å². The fraction of sp³-hybridized carbons (Fsp3) is 0.774. The molecule has 2 rings (SSSR count). The van der Waals surface area contributed by atoms with Gasteiger partial charge in [0.2, 0.25) is 0 Å². The first kappa shape index (κ1) is 61.3. The number of unbranched alkanes of at least 4 members (excludes halogenated alkanes) is 15. The van der Waals surface area contributed by atoms with Crippen molar-refractivity contribution >= 4 is 11.9 Å². The van der Waals surface area contributed by atoms with Gasteiger partial charge in [-0.3, -0.25) is 9.59 Å². The van der Waals surface area contributed by atoms with Crippen molar-refractivity contribution in [1.29, 1.82) is 0 Å². The fourth-order valence-corrected chi connectivity index (χ4v) is 7.66. The minimum Gasteiger partial charge on any atom is -0.462 e. The Kier molecular flexibility index (Phi) is 36.0. The van der Waals surface area contributed by atoms with Crippen LogP contribution in [0.5, 0.6) is 0 Å². The van der Waals surface area contributed by atoms with E-state index < -0.39 is 99.3 Å². The molecule has 0 aliphatic carbocycles. The highest BCUT2D eigenvalue weighted by molar-refractivity contribution is 5.70. The van der Waals surface area contributed by atoms with Gasteiger partial charge in [-0.2, -0.15) is 0 Å². The predicted molar refractivity (Wildman–Crippen MR) is 261 cm³/mol. The van der Waals surface area contributed by atoms with Gasteiger partial charge in [0.15, 0.2) is 18.7 Å². The highest BCUT2D eigenvalue weighted by Crippen LogP contribution is 2.26. The lowest BCUT2D eigenvalue weighted by Gasteiger charge is -2.42. The molecule has 0 aromatic rings. The van der Waals surface area contributed by atoms with E-state index in [0.717, 1.165) is 70.6 Å². The van der Waals surface area contributed by atoms with Gasteiger partial charge < -0.3 is 64.2 Å². The highest BCUT2D eigenvalue weighted by atomic mass is 16.7. The summed E-state index contributed by atoms with van der Waals surface area (Å²) in [7, 11) is 0. The van der Waals surface area contributed by atoms with Crippen LogP contribution in [0.15, 0.2) is 60.8 Å². The smallest absolute Gasteiger partial charge is 0.306 e. The average molecular weight is 967 g/mol. The number of rotatable bonds is 39. The zero-order chi connectivity index (χ0) is 49.6. The summed E-state index contributed by atoms with van der Waals surface area (Å²) < 4.78 is 33.5. The normalized spacial score (nSPS) is 26.2. The molecule has 2 aliphatic heterocycles. The Balaban J connectivity index is 1.84. The van der Waals surface area contributed by atoms with Crippen molar-refractivity contribution in [1.82, 2.24) is 0 Å². The lowest BCUT2D eigenvalue weighted by atomic mass is 9.98. The number of aliphatic hydroxyl groups is 7. The second-order valence-corrected chi connectivity index (χ2v) is 18.0. The molecule has 392 valence electrons. The number of hydrogen-bond donors (Lipinski definition) is 7. The molecule has 2 aliphatic rings. The third-order valence-corrected chi connectivity index (χ3v) is 12.0. The number of esters is 2. The van der Waals surface area contributed by atoms with Crippen LogP contribution in [-0.4, -0.2) is 142 Å². The van der Waals surface area contributed by atoms with Crippen LogP contribution >= 0.6 is 0 Å². The van der Waals surface area contributed by atoms with Crippen molar-refractivity contribution in [2.75, 3.05) is 26.4 Å². The van der Waals surface area contributed by atoms with Crippen LogP contribution in [0.3, 0.4) is 0 Å². The number of hydrogen-bond acceptors (Lipinski definition) is 15. The molecule has 4 unspecified atom stereocenters. The van der Waals surface area contributed by atoms with E-state index >= 15 is 0 Å². The molecule has 0 bridgehead atoms. The van der Waals surface area contributed by atoms with Crippen LogP contribution in [0.2, 0.25) is 0 Å². The molecular formula is C53H90O15. The third kappa shape index (κ3) is 27.6. The molecule has 11 atom stereocenters. The van der Waals surface area contributed by atoms with Crippen molar-refractivity contribution in [2.45, 2.75) is 235 Å². The van der Waals surface area contributed by atoms with Crippen LogP contribution in [0.4, 0.5) is 0 Å². The van der Waals surface area contributed by atoms with Crippen molar-refractivity contribution < 1.29 is 73.8 Å². The first-order valence-electron chi connectivity index (χ1n) is 25.9. The first-order valence-corrected chi connectivity index (χ1v) is 25.9. The van der Waals surface area contributed by atoms with Crippen LogP contribution in [-0.2, 0) is 38.0 Å². The lowest BCUT2D eigenvalue weighted by molar-refractivity contribution is -0.332. The molecule has 0 radical (unpaired) electrons. The summed E-state index contributed by atoms with van der Waals surface area (Å²) in [6, 6.07) is 0. The van der Waals surface area contributed by atoms with E-state index in [2.05, 4.69) is 74.6 Å². The van der Waals surface area contributed by atoms with E-state index in [9.17, 15) is 45.3 Å². The molecule has 0 aromatic heterocycles. The second kappa shape index (κ2) is 39.9. The summed E-state index contributed by atoms with van der Waals surface area (Å²) in [6.45, 7) is 2.48. The van der Waals surface area contributed by atoms with Gasteiger partial charge in [0.25, 0.3) is 0 Å². The number of carbonyl (C=O) groups is 2. The van der Waals surface area contributed by atoms with Crippen LogP contribution < -0.4 is 0 Å². The molecule has 0 spiro atoms. The first-order chi connectivity index (χ1) is 33.0. The van der Waals surface area contributed by atoms with E-state index in [0.29, 0.717) is 12.8 Å². The SMILES string of the molecule is CCCCC/C=C/C/C=C/C/C=C/CCCCCCC(=O)O[C@H](COC(=O)CCCC/C=C/C/C=C/CCCCCCCC)CO[C@H]1O[C@@H](CO[C@H]2O[C@@H](CO)[C@@H](O)C(O)C2O)[C@@H](O)C(O)C1O. The van der Waals surface area contributed by atoms with E-state index in [1.807, 2.05) is 0 Å². The Morgan fingerprint density at radius 2 is 0.882 bits per heavy atom. The molecule has 68 heavy (non-hydrogen) atoms. The molecule has 2 heterocycles. The number of allylic oxidation sites excluding steroid dienone is 10. The molecule has 15 heteroatoms. The highest BCUT2D eigenvalue weighted by Gasteiger charge is 2.47. The van der Waals surface area contributed by atoms with Gasteiger partial charge >= 0.3 is 11.9 Å². The average Bonchev–Trinajstić information content (AvgIpc) is 3.33. The van der Waals surface area contributed by atoms with Crippen molar-refractivity contribution in [3.8, 4) is 0 Å². The minimum absolute atomic E-state index is 0.130. The summed E-state index contributed by atoms with van der Waals surface area (Å²) >= 11 is 0. The Morgan fingerprint density at radius 1 is 0.471 bits per heavy atom. The standard InChI is InChI=1S/C53H90O15/c1-3-5-7-9-11-13-15-17-19-20-22-24-26-28-30-32-34-36-45(56)66-41(38-63-44(55)35-33-31-29-27-25-23-21-18-16-14-12-10-8-6-4-2)39-64-52-51(62)49(60)47(58)43(68-52)40-65-53-50(61)48(59)46(57)42(37-54)67-53/h11,13,17-19,21-22,24-25,27,41-43,46-54,57-62H,3-10,12,14-16,20,23,26,28-40H2,1-2H3/b13-11+,19-17+,21-18+,24-22+,27-25+/t41-,42+,43+,46-,47-,48?,49?,50?,51?,52+,53+/m1/s1. The Hall–Kier alpha value is -2.80. The van der Waals surface area contributed by atoms with Crippen molar-refractivity contribution in [2.24, 2.45) is 0 Å². The summed E-state index contributed by atoms with van der Waals surface area (Å²) in [5, 5.41) is 72.1. The van der Waals surface area contributed by atoms with Gasteiger partial charge in [0.05, 0.1) is 19.8 Å². The van der Waals surface area contributed by atoms with Crippen molar-refractivity contribution in [3.63, 3.8) is 0 Å². The number of carbonyl (C=O) groups excluding carboxylic acids is 2. The largest absolute Gasteiger partial charge is 0.462 e. The number of aliphatic hydroxyl groups excluding tert-OH is 7. The Labute approximate surface area is 407 Å². The van der Waals surface area contributed by atoms with Crippen LogP contribution in [0.25, 0.3) is 0 Å². The molecular weight excluding hydrogens is 877 g/mol. The van der Waals surface area contributed by atoms with E-state index in [4.69, 9.17) is 28.4 Å². The summed E-state index contributed by atoms with van der Waals surface area (Å²) in [4.78, 5) is 25.7. The Morgan fingerprint density at radius 3 is 1.44 bits per heavy atom. The van der Waals surface area contributed by atoms with Gasteiger partial charge in [-0.25, -0.2) is 0 Å². The van der Waals surface area contributed by atoms with Crippen LogP contribution in [0.1, 0.15) is 168 Å². The van der Waals surface area contributed by atoms with Gasteiger partial charge in [-0.05, 0) is 83.5 Å². The molecule has 0 saturated carbocycles. The topological polar surface area (TPSA) is 231 Å². The van der Waals surface area contributed by atoms with E-state index in [-0.39, 0.29) is 19.4 Å². The molecule has 0 aromatic carbocycles. The zero-order valence-corrected chi connectivity index (χ0v) is 41.3. The fourth-order valence-electron chi connectivity index (χ4n) is 7.66. The summed E-state index contributed by atoms with van der Waals surface area (Å²) in [5.41, 5.74) is 0. The summed E-state index contributed by atoms with van der Waals surface area (Å²) in [5.74, 6) is -0.992. The van der Waals surface area contributed by atoms with Crippen LogP contribution in [0, 0.1) is 0 Å². The lowest BCUT2D eigenvalue weighted by Crippen LogP contribution is -2.61.